The van der Waals surface area contributed by atoms with Crippen LogP contribution in [0.2, 0.25) is 0 Å². The highest BCUT2D eigenvalue weighted by Gasteiger charge is 2.21. The van der Waals surface area contributed by atoms with Crippen LogP contribution in [0.4, 0.5) is 10.8 Å². The topological polar surface area (TPSA) is 61.4 Å². The van der Waals surface area contributed by atoms with Gasteiger partial charge in [0, 0.05) is 38.4 Å². The second kappa shape index (κ2) is 8.87. The first-order valence-corrected chi connectivity index (χ1v) is 9.95. The maximum Gasteiger partial charge on any atom is 0.233 e. The zero-order valence-corrected chi connectivity index (χ0v) is 15.6. The summed E-state index contributed by atoms with van der Waals surface area (Å²) in [7, 11) is 0. The molecule has 1 amide bonds. The number of piperazine rings is 1. The number of hydrogen-bond donors (Lipinski definition) is 1. The van der Waals surface area contributed by atoms with Gasteiger partial charge in [0.25, 0.3) is 0 Å². The molecule has 1 aromatic heterocycles. The minimum atomic E-state index is 0.161. The first-order chi connectivity index (χ1) is 12.3. The summed E-state index contributed by atoms with van der Waals surface area (Å²) in [6, 6.07) is 10.3. The molecule has 1 aliphatic heterocycles. The monoisotopic (exact) mass is 375 g/mol. The van der Waals surface area contributed by atoms with E-state index in [1.54, 1.807) is 6.08 Å². The van der Waals surface area contributed by atoms with Gasteiger partial charge in [0.15, 0.2) is 4.34 Å². The van der Waals surface area contributed by atoms with Crippen molar-refractivity contribution in [3.05, 3.63) is 43.0 Å². The Hall–Kier alpha value is -2.06. The maximum atomic E-state index is 12.4. The molecule has 1 saturated heterocycles. The van der Waals surface area contributed by atoms with E-state index in [9.17, 15) is 4.79 Å². The summed E-state index contributed by atoms with van der Waals surface area (Å²) in [5, 5.41) is 12.0. The van der Waals surface area contributed by atoms with Crippen molar-refractivity contribution in [3.8, 4) is 0 Å². The fraction of sp³-hybridized carbons (Fsp3) is 0.353. The summed E-state index contributed by atoms with van der Waals surface area (Å²) in [5.41, 5.74) is 1.22. The quantitative estimate of drug-likeness (QED) is 0.593. The molecule has 3 rings (SSSR count). The minimum absolute atomic E-state index is 0.161. The lowest BCUT2D eigenvalue weighted by molar-refractivity contribution is -0.128. The Morgan fingerprint density at radius 3 is 2.72 bits per heavy atom. The van der Waals surface area contributed by atoms with Crippen molar-refractivity contribution in [1.29, 1.82) is 0 Å². The largest absolute Gasteiger partial charge is 0.368 e. The highest BCUT2D eigenvalue weighted by Crippen LogP contribution is 2.25. The molecule has 0 unspecified atom stereocenters. The van der Waals surface area contributed by atoms with E-state index in [0.717, 1.165) is 35.7 Å². The molecule has 2 aromatic rings. The van der Waals surface area contributed by atoms with Crippen molar-refractivity contribution in [2.75, 3.05) is 48.7 Å². The van der Waals surface area contributed by atoms with Crippen LogP contribution >= 0.6 is 23.1 Å². The second-order valence-corrected chi connectivity index (χ2v) is 7.73. The molecule has 8 heteroatoms. The van der Waals surface area contributed by atoms with Gasteiger partial charge in [0.1, 0.15) is 0 Å². The molecule has 2 heterocycles. The lowest BCUT2D eigenvalue weighted by Gasteiger charge is -2.36. The van der Waals surface area contributed by atoms with E-state index in [4.69, 9.17) is 0 Å². The number of amides is 1. The highest BCUT2D eigenvalue weighted by molar-refractivity contribution is 8.01. The third-order valence-corrected chi connectivity index (χ3v) is 5.88. The number of nitrogens with zero attached hydrogens (tertiary/aromatic N) is 4. The summed E-state index contributed by atoms with van der Waals surface area (Å²) in [5.74, 6) is 0.565. The summed E-state index contributed by atoms with van der Waals surface area (Å²) < 4.78 is 0.808. The lowest BCUT2D eigenvalue weighted by atomic mass is 10.2. The molecule has 1 aliphatic rings. The average molecular weight is 376 g/mol. The first kappa shape index (κ1) is 17.8. The molecular formula is C17H21N5OS2. The number of anilines is 2. The van der Waals surface area contributed by atoms with Crippen LogP contribution in [0.25, 0.3) is 0 Å². The van der Waals surface area contributed by atoms with E-state index in [-0.39, 0.29) is 5.91 Å². The summed E-state index contributed by atoms with van der Waals surface area (Å²) in [6.45, 7) is 7.57. The standard InChI is InChI=1S/C17H21N5OS2/c1-2-8-18-16-19-20-17(25-16)24-13-15(23)22-11-9-21(10-12-22)14-6-4-3-5-7-14/h2-7H,1,8-13H2,(H,18,19). The zero-order chi connectivity index (χ0) is 17.5. The van der Waals surface area contributed by atoms with Gasteiger partial charge in [-0.3, -0.25) is 4.79 Å². The Morgan fingerprint density at radius 1 is 1.24 bits per heavy atom. The predicted molar refractivity (Wildman–Crippen MR) is 105 cm³/mol. The Bertz CT molecular complexity index is 698. The molecular weight excluding hydrogens is 354 g/mol. The van der Waals surface area contributed by atoms with E-state index in [2.05, 4.69) is 39.1 Å². The van der Waals surface area contributed by atoms with Gasteiger partial charge >= 0.3 is 0 Å². The van der Waals surface area contributed by atoms with Gasteiger partial charge in [-0.05, 0) is 12.1 Å². The Labute approximate surface area is 155 Å². The van der Waals surface area contributed by atoms with E-state index in [0.29, 0.717) is 12.3 Å². The Kier molecular flexibility index (Phi) is 6.30. The molecule has 0 aliphatic carbocycles. The molecule has 6 nitrogen and oxygen atoms in total. The molecule has 0 bridgehead atoms. The second-order valence-electron chi connectivity index (χ2n) is 5.53. The Balaban J connectivity index is 1.43. The smallest absolute Gasteiger partial charge is 0.233 e. The summed E-state index contributed by atoms with van der Waals surface area (Å²) in [6.07, 6.45) is 1.77. The van der Waals surface area contributed by atoms with Crippen LogP contribution in [0, 0.1) is 0 Å². The van der Waals surface area contributed by atoms with Crippen LogP contribution in [-0.4, -0.2) is 59.5 Å². The molecule has 1 N–H and O–H groups in total. The van der Waals surface area contributed by atoms with Crippen molar-refractivity contribution < 1.29 is 4.79 Å². The first-order valence-electron chi connectivity index (χ1n) is 8.15. The van der Waals surface area contributed by atoms with Crippen LogP contribution in [0.3, 0.4) is 0 Å². The van der Waals surface area contributed by atoms with Gasteiger partial charge in [-0.15, -0.1) is 16.8 Å². The van der Waals surface area contributed by atoms with Crippen LogP contribution in [-0.2, 0) is 4.79 Å². The Morgan fingerprint density at radius 2 is 2.00 bits per heavy atom. The van der Waals surface area contributed by atoms with Gasteiger partial charge < -0.3 is 15.1 Å². The van der Waals surface area contributed by atoms with Gasteiger partial charge in [0.05, 0.1) is 5.75 Å². The van der Waals surface area contributed by atoms with Crippen molar-refractivity contribution in [2.45, 2.75) is 4.34 Å². The van der Waals surface area contributed by atoms with E-state index in [1.807, 2.05) is 23.1 Å². The molecule has 25 heavy (non-hydrogen) atoms. The summed E-state index contributed by atoms with van der Waals surface area (Å²) >= 11 is 2.91. The fourth-order valence-corrected chi connectivity index (χ4v) is 4.23. The minimum Gasteiger partial charge on any atom is -0.368 e. The molecule has 0 atom stereocenters. The van der Waals surface area contributed by atoms with Crippen molar-refractivity contribution in [2.24, 2.45) is 0 Å². The number of carbonyl (C=O) groups excluding carboxylic acids is 1. The van der Waals surface area contributed by atoms with E-state index >= 15 is 0 Å². The number of rotatable bonds is 7. The van der Waals surface area contributed by atoms with E-state index < -0.39 is 0 Å². The zero-order valence-electron chi connectivity index (χ0n) is 13.9. The number of carbonyl (C=O) groups is 1. The molecule has 132 valence electrons. The average Bonchev–Trinajstić information content (AvgIpc) is 3.13. The lowest BCUT2D eigenvalue weighted by Crippen LogP contribution is -2.49. The number of nitrogens with one attached hydrogen (secondary N) is 1. The SMILES string of the molecule is C=CCNc1nnc(SCC(=O)N2CCN(c3ccccc3)CC2)s1. The van der Waals surface area contributed by atoms with Crippen molar-refractivity contribution in [3.63, 3.8) is 0 Å². The van der Waals surface area contributed by atoms with Crippen LogP contribution < -0.4 is 10.2 Å². The van der Waals surface area contributed by atoms with Gasteiger partial charge in [-0.2, -0.15) is 0 Å². The van der Waals surface area contributed by atoms with Gasteiger partial charge in [-0.1, -0.05) is 47.4 Å². The maximum absolute atomic E-state index is 12.4. The highest BCUT2D eigenvalue weighted by atomic mass is 32.2. The molecule has 0 spiro atoms. The summed E-state index contributed by atoms with van der Waals surface area (Å²) in [4.78, 5) is 16.7. The third-order valence-electron chi connectivity index (χ3n) is 3.88. The normalized spacial score (nSPS) is 14.4. The number of benzene rings is 1. The molecule has 1 aromatic carbocycles. The third kappa shape index (κ3) is 4.96. The van der Waals surface area contributed by atoms with Crippen molar-refractivity contribution >= 4 is 39.8 Å². The molecule has 0 saturated carbocycles. The van der Waals surface area contributed by atoms with Gasteiger partial charge in [0.2, 0.25) is 11.0 Å². The molecule has 0 radical (unpaired) electrons. The van der Waals surface area contributed by atoms with Crippen molar-refractivity contribution in [1.82, 2.24) is 15.1 Å². The van der Waals surface area contributed by atoms with Crippen LogP contribution in [0.15, 0.2) is 47.3 Å². The number of aromatic nitrogens is 2. The number of para-hydroxylation sites is 1. The molecule has 1 fully saturated rings. The van der Waals surface area contributed by atoms with Crippen LogP contribution in [0.1, 0.15) is 0 Å². The number of hydrogen-bond acceptors (Lipinski definition) is 7. The van der Waals surface area contributed by atoms with Gasteiger partial charge in [-0.25, -0.2) is 0 Å². The number of thioether (sulfide) groups is 1. The predicted octanol–water partition coefficient (Wildman–Crippen LogP) is 2.58. The fourth-order valence-electron chi connectivity index (χ4n) is 2.57. The van der Waals surface area contributed by atoms with Crippen LogP contribution in [0.5, 0.6) is 0 Å². The van der Waals surface area contributed by atoms with E-state index in [1.165, 1.54) is 28.8 Å².